The smallest absolute Gasteiger partial charge is 0.408 e. The van der Waals surface area contributed by atoms with Crippen molar-refractivity contribution in [3.05, 3.63) is 35.4 Å². The quantitative estimate of drug-likeness (QED) is 0.465. The Bertz CT molecular complexity index is 1430. The van der Waals surface area contributed by atoms with E-state index < -0.39 is 53.9 Å². The predicted molar refractivity (Wildman–Crippen MR) is 149 cm³/mol. The molecule has 2 bridgehead atoms. The van der Waals surface area contributed by atoms with Crippen LogP contribution in [0.3, 0.4) is 0 Å². The van der Waals surface area contributed by atoms with Gasteiger partial charge in [0.05, 0.1) is 35.3 Å². The van der Waals surface area contributed by atoms with Crippen molar-refractivity contribution in [3.8, 4) is 11.9 Å². The lowest BCUT2D eigenvalue weighted by Crippen LogP contribution is -2.56. The molecule has 2 fully saturated rings. The zero-order valence-corrected chi connectivity index (χ0v) is 24.2. The lowest BCUT2D eigenvalue weighted by atomic mass is 9.85. The molecule has 9 nitrogen and oxygen atoms in total. The van der Waals surface area contributed by atoms with Crippen molar-refractivity contribution in [2.45, 2.75) is 90.0 Å². The number of carbonyl (C=O) groups excluding carboxylic acids is 3. The SMILES string of the molecule is C[C@@H]1[C@@H]2CN(C(=O)[C@H](C(C)(C)C)NC(=O)O[C@@H]3C[C@H]3CCCCC(F)(F)c3cc4ccc(C#N)cc4nc3O2)[C@@H]1C=O. The van der Waals surface area contributed by atoms with Crippen molar-refractivity contribution in [3.63, 3.8) is 0 Å². The molecule has 1 aliphatic carbocycles. The number of alkyl halides is 2. The normalized spacial score (nSPS) is 30.0. The molecule has 5 rings (SSSR count). The Kier molecular flexibility index (Phi) is 7.86. The molecule has 0 radical (unpaired) electrons. The van der Waals surface area contributed by atoms with E-state index in [1.165, 1.54) is 17.0 Å². The minimum atomic E-state index is -3.27. The summed E-state index contributed by atoms with van der Waals surface area (Å²) < 4.78 is 43.4. The van der Waals surface area contributed by atoms with E-state index >= 15 is 8.78 Å². The molecule has 0 spiro atoms. The van der Waals surface area contributed by atoms with Gasteiger partial charge in [-0.25, -0.2) is 18.6 Å². The number of halogens is 2. The summed E-state index contributed by atoms with van der Waals surface area (Å²) in [6.07, 6.45) is 0.410. The number of fused-ring (bicyclic) bond motifs is 5. The zero-order chi connectivity index (χ0) is 30.4. The zero-order valence-electron chi connectivity index (χ0n) is 24.2. The maximum Gasteiger partial charge on any atom is 0.408 e. The van der Waals surface area contributed by atoms with Gasteiger partial charge in [0, 0.05) is 17.7 Å². The Hall–Kier alpha value is -3.81. The molecular formula is C31H36F2N4O5. The first kappa shape index (κ1) is 29.7. The topological polar surface area (TPSA) is 122 Å². The van der Waals surface area contributed by atoms with Gasteiger partial charge in [0.15, 0.2) is 0 Å². The standard InChI is InChI=1S/C31H36F2N4O5/c1-17-23(16-38)37-15-25(17)41-27-21(12-19-9-8-18(14-34)11-22(19)35-27)31(32,33)10-6-5-7-20-13-24(20)42-29(40)36-26(28(37)39)30(2,3)4/h8-9,11-12,16-17,20,23-26H,5-7,10,13,15H2,1-4H3,(H,36,40)/t17-,20+,23+,24+,25-,26+/m0/s1. The van der Waals surface area contributed by atoms with Crippen molar-refractivity contribution in [1.29, 1.82) is 5.26 Å². The number of rotatable bonds is 1. The molecule has 6 atom stereocenters. The Morgan fingerprint density at radius 1 is 1.17 bits per heavy atom. The molecule has 1 saturated carbocycles. The van der Waals surface area contributed by atoms with E-state index in [4.69, 9.17) is 9.47 Å². The Morgan fingerprint density at radius 3 is 2.62 bits per heavy atom. The van der Waals surface area contributed by atoms with Crippen LogP contribution in [0.2, 0.25) is 0 Å². The van der Waals surface area contributed by atoms with Crippen LogP contribution < -0.4 is 10.1 Å². The molecule has 2 aromatic rings. The lowest BCUT2D eigenvalue weighted by molar-refractivity contribution is -0.139. The number of ether oxygens (including phenoxy) is 2. The molecule has 1 aromatic heterocycles. The number of amides is 2. The minimum absolute atomic E-state index is 0.0691. The number of aldehydes is 1. The van der Waals surface area contributed by atoms with E-state index in [9.17, 15) is 19.6 Å². The van der Waals surface area contributed by atoms with E-state index in [0.29, 0.717) is 42.0 Å². The summed E-state index contributed by atoms with van der Waals surface area (Å²) in [5.41, 5.74) is -0.436. The number of aromatic nitrogens is 1. The number of alkyl carbamates (subject to hydrolysis) is 1. The average molecular weight is 583 g/mol. The summed E-state index contributed by atoms with van der Waals surface area (Å²) in [4.78, 5) is 44.7. The molecule has 3 heterocycles. The van der Waals surface area contributed by atoms with Crippen LogP contribution in [0.4, 0.5) is 13.6 Å². The first-order chi connectivity index (χ1) is 19.8. The molecule has 0 unspecified atom stereocenters. The third kappa shape index (κ3) is 5.90. The van der Waals surface area contributed by atoms with Gasteiger partial charge in [-0.3, -0.25) is 4.79 Å². The third-order valence-corrected chi connectivity index (χ3v) is 8.66. The molecule has 3 aliphatic rings. The van der Waals surface area contributed by atoms with Crippen LogP contribution in [-0.4, -0.2) is 59.0 Å². The molecule has 224 valence electrons. The fraction of sp³-hybridized carbons (Fsp3) is 0.581. The fourth-order valence-electron chi connectivity index (χ4n) is 5.94. The van der Waals surface area contributed by atoms with Gasteiger partial charge >= 0.3 is 6.09 Å². The van der Waals surface area contributed by atoms with Gasteiger partial charge in [-0.05, 0) is 48.8 Å². The number of carbonyl (C=O) groups is 3. The van der Waals surface area contributed by atoms with Gasteiger partial charge in [-0.2, -0.15) is 5.26 Å². The van der Waals surface area contributed by atoms with E-state index in [-0.39, 0.29) is 36.4 Å². The highest BCUT2D eigenvalue weighted by atomic mass is 19.3. The fourth-order valence-corrected chi connectivity index (χ4v) is 5.94. The number of pyridine rings is 1. The van der Waals surface area contributed by atoms with Gasteiger partial charge in [-0.15, -0.1) is 0 Å². The number of hydrogen-bond acceptors (Lipinski definition) is 7. The second kappa shape index (κ2) is 11.1. The molecule has 42 heavy (non-hydrogen) atoms. The number of benzene rings is 1. The molecule has 2 amide bonds. The largest absolute Gasteiger partial charge is 0.472 e. The van der Waals surface area contributed by atoms with Crippen molar-refractivity contribution >= 4 is 29.2 Å². The van der Waals surface area contributed by atoms with Crippen LogP contribution in [0.5, 0.6) is 5.88 Å². The minimum Gasteiger partial charge on any atom is -0.472 e. The van der Waals surface area contributed by atoms with Crippen LogP contribution >= 0.6 is 0 Å². The number of nitrogens with one attached hydrogen (secondary N) is 1. The second-order valence-corrected chi connectivity index (χ2v) is 12.8. The van der Waals surface area contributed by atoms with Crippen LogP contribution in [0.15, 0.2) is 24.3 Å². The van der Waals surface area contributed by atoms with E-state index in [0.717, 1.165) is 0 Å². The van der Waals surface area contributed by atoms with Crippen LogP contribution in [-0.2, 0) is 20.2 Å². The average Bonchev–Trinajstić information content (AvgIpc) is 3.59. The summed E-state index contributed by atoms with van der Waals surface area (Å²) in [5.74, 6) is -4.51. The highest BCUT2D eigenvalue weighted by Gasteiger charge is 2.49. The van der Waals surface area contributed by atoms with Gasteiger partial charge in [0.2, 0.25) is 11.8 Å². The summed E-state index contributed by atoms with van der Waals surface area (Å²) >= 11 is 0. The maximum atomic E-state index is 15.8. The Morgan fingerprint density at radius 2 is 1.93 bits per heavy atom. The van der Waals surface area contributed by atoms with Gasteiger partial charge in [-0.1, -0.05) is 40.2 Å². The number of hydrogen-bond donors (Lipinski definition) is 1. The Balaban J connectivity index is 1.56. The van der Waals surface area contributed by atoms with Crippen molar-refractivity contribution in [2.24, 2.45) is 17.3 Å². The van der Waals surface area contributed by atoms with Crippen molar-refractivity contribution in [1.82, 2.24) is 15.2 Å². The maximum absolute atomic E-state index is 15.8. The Labute approximate surface area is 243 Å². The van der Waals surface area contributed by atoms with Crippen molar-refractivity contribution in [2.75, 3.05) is 6.54 Å². The number of nitrogens with zero attached hydrogens (tertiary/aromatic N) is 3. The van der Waals surface area contributed by atoms with E-state index in [1.54, 1.807) is 39.8 Å². The van der Waals surface area contributed by atoms with E-state index in [2.05, 4.69) is 10.3 Å². The van der Waals surface area contributed by atoms with Crippen LogP contribution in [0.1, 0.15) is 70.9 Å². The third-order valence-electron chi connectivity index (χ3n) is 8.66. The molecule has 11 heteroatoms. The predicted octanol–water partition coefficient (Wildman–Crippen LogP) is 5.09. The van der Waals surface area contributed by atoms with Crippen molar-refractivity contribution < 1.29 is 32.6 Å². The van der Waals surface area contributed by atoms with Gasteiger partial charge in [0.1, 0.15) is 24.5 Å². The van der Waals surface area contributed by atoms with E-state index in [1.807, 2.05) is 6.07 Å². The second-order valence-electron chi connectivity index (χ2n) is 12.8. The van der Waals surface area contributed by atoms with Crippen LogP contribution in [0, 0.1) is 28.6 Å². The first-order valence-corrected chi connectivity index (χ1v) is 14.4. The van der Waals surface area contributed by atoms with Gasteiger partial charge in [0.25, 0.3) is 5.92 Å². The molecule has 1 aromatic carbocycles. The molecule has 2 aliphatic heterocycles. The first-order valence-electron chi connectivity index (χ1n) is 14.4. The van der Waals surface area contributed by atoms with Gasteiger partial charge < -0.3 is 24.5 Å². The van der Waals surface area contributed by atoms with Crippen LogP contribution in [0.25, 0.3) is 10.9 Å². The molecular weight excluding hydrogens is 546 g/mol. The highest BCUT2D eigenvalue weighted by molar-refractivity contribution is 5.89. The summed E-state index contributed by atoms with van der Waals surface area (Å²) in [6.45, 7) is 7.05. The lowest BCUT2D eigenvalue weighted by Gasteiger charge is -2.34. The summed E-state index contributed by atoms with van der Waals surface area (Å²) in [5, 5.41) is 12.5. The monoisotopic (exact) mass is 582 g/mol. The summed E-state index contributed by atoms with van der Waals surface area (Å²) in [6, 6.07) is 6.11. The molecule has 1 N–H and O–H groups in total. The molecule has 1 saturated heterocycles. The summed E-state index contributed by atoms with van der Waals surface area (Å²) in [7, 11) is 0. The highest BCUT2D eigenvalue weighted by Crippen LogP contribution is 2.43. The number of nitriles is 1.